The van der Waals surface area contributed by atoms with Gasteiger partial charge in [0.05, 0.1) is 5.92 Å². The minimum atomic E-state index is -0.665. The highest BCUT2D eigenvalue weighted by Crippen LogP contribution is 2.60. The third kappa shape index (κ3) is 1.17. The molecule has 1 aliphatic carbocycles. The zero-order valence-corrected chi connectivity index (χ0v) is 7.00. The van der Waals surface area contributed by atoms with Crippen molar-refractivity contribution in [1.82, 2.24) is 0 Å². The Balaban J connectivity index is 2.60. The molecule has 1 saturated carbocycles. The predicted molar refractivity (Wildman–Crippen MR) is 43.2 cm³/mol. The molecule has 11 heavy (non-hydrogen) atoms. The highest BCUT2D eigenvalue weighted by Gasteiger charge is 2.60. The summed E-state index contributed by atoms with van der Waals surface area (Å²) in [6.07, 6.45) is 2.62. The summed E-state index contributed by atoms with van der Waals surface area (Å²) < 4.78 is 0. The smallest absolute Gasteiger partial charge is 0.307 e. The second-order valence-corrected chi connectivity index (χ2v) is 3.77. The minimum Gasteiger partial charge on any atom is -0.481 e. The lowest BCUT2D eigenvalue weighted by atomic mass is 10.1. The average Bonchev–Trinajstić information content (AvgIpc) is 2.35. The number of rotatable bonds is 3. The van der Waals surface area contributed by atoms with Crippen LogP contribution in [0.5, 0.6) is 0 Å². The maximum atomic E-state index is 10.6. The molecular formula is C9H14O2. The Morgan fingerprint density at radius 1 is 1.73 bits per heavy atom. The molecule has 1 aliphatic rings. The molecular weight excluding hydrogens is 140 g/mol. The molecule has 2 heteroatoms. The normalized spacial score (nSPS) is 32.9. The van der Waals surface area contributed by atoms with Crippen molar-refractivity contribution in [1.29, 1.82) is 0 Å². The Morgan fingerprint density at radius 2 is 2.27 bits per heavy atom. The summed E-state index contributed by atoms with van der Waals surface area (Å²) in [4.78, 5) is 10.6. The monoisotopic (exact) mass is 154 g/mol. The first-order valence-electron chi connectivity index (χ1n) is 3.85. The van der Waals surface area contributed by atoms with Gasteiger partial charge in [-0.2, -0.15) is 0 Å². The molecule has 0 aromatic rings. The maximum absolute atomic E-state index is 10.6. The van der Waals surface area contributed by atoms with Gasteiger partial charge in [-0.1, -0.05) is 19.9 Å². The Morgan fingerprint density at radius 3 is 2.55 bits per heavy atom. The molecule has 2 nitrogen and oxygen atoms in total. The number of allylic oxidation sites excluding steroid dienone is 1. The van der Waals surface area contributed by atoms with Gasteiger partial charge in [0, 0.05) is 0 Å². The van der Waals surface area contributed by atoms with Crippen molar-refractivity contribution in [2.24, 2.45) is 17.3 Å². The van der Waals surface area contributed by atoms with E-state index < -0.39 is 5.97 Å². The van der Waals surface area contributed by atoms with E-state index in [1.807, 2.05) is 13.8 Å². The van der Waals surface area contributed by atoms with E-state index in [9.17, 15) is 4.79 Å². The number of carboxylic acids is 1. The van der Waals surface area contributed by atoms with Gasteiger partial charge < -0.3 is 5.11 Å². The molecule has 0 aromatic heterocycles. The molecule has 0 aromatic carbocycles. The molecule has 0 bridgehead atoms. The number of aliphatic carboxylic acids is 1. The van der Waals surface area contributed by atoms with Crippen LogP contribution in [0.25, 0.3) is 0 Å². The van der Waals surface area contributed by atoms with Gasteiger partial charge >= 0.3 is 5.97 Å². The third-order valence-electron chi connectivity index (χ3n) is 2.74. The SMILES string of the molecule is C=CCC1C(C(=O)O)C1(C)C. The van der Waals surface area contributed by atoms with Gasteiger partial charge in [-0.15, -0.1) is 6.58 Å². The molecule has 0 amide bonds. The van der Waals surface area contributed by atoms with E-state index in [-0.39, 0.29) is 11.3 Å². The van der Waals surface area contributed by atoms with Crippen LogP contribution < -0.4 is 0 Å². The Hall–Kier alpha value is -0.790. The highest BCUT2D eigenvalue weighted by atomic mass is 16.4. The van der Waals surface area contributed by atoms with Crippen LogP contribution in [-0.2, 0) is 4.79 Å². The fourth-order valence-corrected chi connectivity index (χ4v) is 1.85. The minimum absolute atomic E-state index is 0.0139. The van der Waals surface area contributed by atoms with E-state index in [4.69, 9.17) is 5.11 Å². The molecule has 2 unspecified atom stereocenters. The molecule has 2 atom stereocenters. The van der Waals surface area contributed by atoms with Crippen molar-refractivity contribution in [3.63, 3.8) is 0 Å². The molecule has 1 rings (SSSR count). The second kappa shape index (κ2) is 2.36. The number of hydrogen-bond donors (Lipinski definition) is 1. The molecule has 1 fully saturated rings. The van der Waals surface area contributed by atoms with Crippen molar-refractivity contribution in [2.45, 2.75) is 20.3 Å². The van der Waals surface area contributed by atoms with E-state index in [1.165, 1.54) is 0 Å². The zero-order chi connectivity index (χ0) is 8.65. The van der Waals surface area contributed by atoms with Crippen molar-refractivity contribution in [3.8, 4) is 0 Å². The topological polar surface area (TPSA) is 37.3 Å². The van der Waals surface area contributed by atoms with Gasteiger partial charge in [0.1, 0.15) is 0 Å². The van der Waals surface area contributed by atoms with Crippen LogP contribution in [0.15, 0.2) is 12.7 Å². The van der Waals surface area contributed by atoms with E-state index in [0.29, 0.717) is 5.92 Å². The molecule has 1 N–H and O–H groups in total. The van der Waals surface area contributed by atoms with Crippen LogP contribution in [0.1, 0.15) is 20.3 Å². The Bertz CT molecular complexity index is 194. The van der Waals surface area contributed by atoms with Gasteiger partial charge in [-0.25, -0.2) is 0 Å². The van der Waals surface area contributed by atoms with Crippen LogP contribution in [0, 0.1) is 17.3 Å². The van der Waals surface area contributed by atoms with Crippen LogP contribution in [0.3, 0.4) is 0 Å². The van der Waals surface area contributed by atoms with Crippen molar-refractivity contribution < 1.29 is 9.90 Å². The van der Waals surface area contributed by atoms with Crippen molar-refractivity contribution >= 4 is 5.97 Å². The van der Waals surface area contributed by atoms with Crippen molar-refractivity contribution in [3.05, 3.63) is 12.7 Å². The summed E-state index contributed by atoms with van der Waals surface area (Å²) >= 11 is 0. The van der Waals surface area contributed by atoms with E-state index >= 15 is 0 Å². The molecule has 0 radical (unpaired) electrons. The quantitative estimate of drug-likeness (QED) is 0.630. The first-order chi connectivity index (χ1) is 5.01. The van der Waals surface area contributed by atoms with E-state index in [2.05, 4.69) is 6.58 Å². The lowest BCUT2D eigenvalue weighted by Crippen LogP contribution is -2.03. The van der Waals surface area contributed by atoms with Gasteiger partial charge in [0.2, 0.25) is 0 Å². The predicted octanol–water partition coefficient (Wildman–Crippen LogP) is 1.92. The fourth-order valence-electron chi connectivity index (χ4n) is 1.85. The van der Waals surface area contributed by atoms with Gasteiger partial charge in [-0.05, 0) is 17.8 Å². The van der Waals surface area contributed by atoms with Gasteiger partial charge in [-0.3, -0.25) is 4.79 Å². The summed E-state index contributed by atoms with van der Waals surface area (Å²) in [5.41, 5.74) is -0.0139. The van der Waals surface area contributed by atoms with Crippen LogP contribution in [-0.4, -0.2) is 11.1 Å². The van der Waals surface area contributed by atoms with Gasteiger partial charge in [0.15, 0.2) is 0 Å². The summed E-state index contributed by atoms with van der Waals surface area (Å²) in [7, 11) is 0. The second-order valence-electron chi connectivity index (χ2n) is 3.77. The Kier molecular flexibility index (Phi) is 1.78. The van der Waals surface area contributed by atoms with Crippen LogP contribution in [0.4, 0.5) is 0 Å². The maximum Gasteiger partial charge on any atom is 0.307 e. The first-order valence-corrected chi connectivity index (χ1v) is 3.85. The first kappa shape index (κ1) is 8.31. The molecule has 62 valence electrons. The number of carbonyl (C=O) groups is 1. The number of hydrogen-bond acceptors (Lipinski definition) is 1. The standard InChI is InChI=1S/C9H14O2/c1-4-5-6-7(8(10)11)9(6,2)3/h4,6-7H,1,5H2,2-3H3,(H,10,11). The fraction of sp³-hybridized carbons (Fsp3) is 0.667. The molecule has 0 saturated heterocycles. The van der Waals surface area contributed by atoms with E-state index in [0.717, 1.165) is 6.42 Å². The molecule has 0 heterocycles. The van der Waals surface area contributed by atoms with E-state index in [1.54, 1.807) is 6.08 Å². The molecule has 0 aliphatic heterocycles. The summed E-state index contributed by atoms with van der Waals surface area (Å²) in [6, 6.07) is 0. The lowest BCUT2D eigenvalue weighted by Gasteiger charge is -1.97. The Labute approximate surface area is 66.9 Å². The summed E-state index contributed by atoms with van der Waals surface area (Å²) in [5.74, 6) is -0.514. The molecule has 0 spiro atoms. The largest absolute Gasteiger partial charge is 0.481 e. The summed E-state index contributed by atoms with van der Waals surface area (Å²) in [5, 5.41) is 8.75. The highest BCUT2D eigenvalue weighted by molar-refractivity contribution is 5.75. The van der Waals surface area contributed by atoms with Gasteiger partial charge in [0.25, 0.3) is 0 Å². The average molecular weight is 154 g/mol. The summed E-state index contributed by atoms with van der Waals surface area (Å²) in [6.45, 7) is 7.61. The van der Waals surface area contributed by atoms with Crippen molar-refractivity contribution in [2.75, 3.05) is 0 Å². The lowest BCUT2D eigenvalue weighted by molar-refractivity contribution is -0.139. The number of carboxylic acid groups (broad SMARTS) is 1. The van der Waals surface area contributed by atoms with Crippen LogP contribution in [0.2, 0.25) is 0 Å². The zero-order valence-electron chi connectivity index (χ0n) is 7.00. The van der Waals surface area contributed by atoms with Crippen LogP contribution >= 0.6 is 0 Å². The third-order valence-corrected chi connectivity index (χ3v) is 2.74.